The fourth-order valence-electron chi connectivity index (χ4n) is 2.11. The summed E-state index contributed by atoms with van der Waals surface area (Å²) in [4.78, 5) is 12.0. The molecule has 6 heteroatoms. The van der Waals surface area contributed by atoms with Crippen molar-refractivity contribution in [3.8, 4) is 0 Å². The molecule has 1 aliphatic rings. The Morgan fingerprint density at radius 1 is 1.22 bits per heavy atom. The van der Waals surface area contributed by atoms with Crippen LogP contribution in [0.1, 0.15) is 29.6 Å². The van der Waals surface area contributed by atoms with Crippen LogP contribution in [0.25, 0.3) is 0 Å². The number of carbonyl (C=O) groups excluding carboxylic acids is 1. The van der Waals surface area contributed by atoms with E-state index in [4.69, 9.17) is 0 Å². The molecule has 0 aliphatic carbocycles. The number of sulfone groups is 1. The largest absolute Gasteiger partial charge is 0.293 e. The predicted molar refractivity (Wildman–Crippen MR) is 62.1 cm³/mol. The number of benzene rings is 1. The molecule has 2 rings (SSSR count). The molecule has 1 heterocycles. The van der Waals surface area contributed by atoms with Gasteiger partial charge in [-0.25, -0.2) is 17.2 Å². The molecule has 98 valence electrons. The van der Waals surface area contributed by atoms with Crippen molar-refractivity contribution in [1.82, 2.24) is 0 Å². The summed E-state index contributed by atoms with van der Waals surface area (Å²) in [7, 11) is -3.51. The molecular weight excluding hydrogens is 262 g/mol. The van der Waals surface area contributed by atoms with Gasteiger partial charge in [-0.05, 0) is 25.0 Å². The van der Waals surface area contributed by atoms with E-state index in [2.05, 4.69) is 0 Å². The Morgan fingerprint density at radius 3 is 2.56 bits per heavy atom. The minimum absolute atomic E-state index is 0.0494. The van der Waals surface area contributed by atoms with Gasteiger partial charge in [0.25, 0.3) is 0 Å². The Balaban J connectivity index is 2.36. The smallest absolute Gasteiger partial charge is 0.183 e. The number of carbonyl (C=O) groups is 1. The molecule has 0 spiro atoms. The van der Waals surface area contributed by atoms with Crippen molar-refractivity contribution in [1.29, 1.82) is 0 Å². The van der Waals surface area contributed by atoms with E-state index < -0.39 is 32.5 Å². The SMILES string of the molecule is O=C(c1ccc(F)cc1F)C1CCCCS1(=O)=O. The highest BCUT2D eigenvalue weighted by Gasteiger charge is 2.36. The predicted octanol–water partition coefficient (Wildman–Crippen LogP) is 2.11. The molecule has 0 amide bonds. The molecule has 1 atom stereocenters. The molecule has 0 bridgehead atoms. The zero-order chi connectivity index (χ0) is 13.3. The van der Waals surface area contributed by atoms with E-state index in [1.54, 1.807) is 0 Å². The Hall–Kier alpha value is -1.30. The van der Waals surface area contributed by atoms with Gasteiger partial charge in [-0.3, -0.25) is 4.79 Å². The second-order valence-electron chi connectivity index (χ2n) is 4.34. The molecule has 0 N–H and O–H groups in total. The summed E-state index contributed by atoms with van der Waals surface area (Å²) in [5.41, 5.74) is -0.355. The van der Waals surface area contributed by atoms with E-state index in [-0.39, 0.29) is 17.7 Å². The quantitative estimate of drug-likeness (QED) is 0.776. The van der Waals surface area contributed by atoms with Crippen LogP contribution in [0.5, 0.6) is 0 Å². The third kappa shape index (κ3) is 2.43. The van der Waals surface area contributed by atoms with Gasteiger partial charge in [0.15, 0.2) is 15.6 Å². The lowest BCUT2D eigenvalue weighted by Gasteiger charge is -2.21. The van der Waals surface area contributed by atoms with Crippen LogP contribution < -0.4 is 0 Å². The van der Waals surface area contributed by atoms with Crippen molar-refractivity contribution in [2.24, 2.45) is 0 Å². The molecule has 1 fully saturated rings. The van der Waals surface area contributed by atoms with Gasteiger partial charge in [-0.1, -0.05) is 6.42 Å². The lowest BCUT2D eigenvalue weighted by atomic mass is 10.0. The summed E-state index contributed by atoms with van der Waals surface area (Å²) in [6.07, 6.45) is 1.36. The van der Waals surface area contributed by atoms with Crippen molar-refractivity contribution < 1.29 is 22.0 Å². The van der Waals surface area contributed by atoms with Gasteiger partial charge < -0.3 is 0 Å². The van der Waals surface area contributed by atoms with Crippen LogP contribution in [-0.4, -0.2) is 25.2 Å². The van der Waals surface area contributed by atoms with Crippen molar-refractivity contribution >= 4 is 15.6 Å². The molecule has 1 aliphatic heterocycles. The molecule has 0 aromatic heterocycles. The Morgan fingerprint density at radius 2 is 1.94 bits per heavy atom. The Bertz CT molecular complexity index is 581. The fraction of sp³-hybridized carbons (Fsp3) is 0.417. The van der Waals surface area contributed by atoms with Crippen LogP contribution in [0.2, 0.25) is 0 Å². The van der Waals surface area contributed by atoms with Crippen LogP contribution in [0, 0.1) is 11.6 Å². The molecule has 1 unspecified atom stereocenters. The van der Waals surface area contributed by atoms with Crippen LogP contribution in [0.4, 0.5) is 8.78 Å². The van der Waals surface area contributed by atoms with Crippen LogP contribution >= 0.6 is 0 Å². The van der Waals surface area contributed by atoms with Crippen LogP contribution in [-0.2, 0) is 9.84 Å². The highest BCUT2D eigenvalue weighted by atomic mass is 32.2. The fourth-order valence-corrected chi connectivity index (χ4v) is 3.98. The average Bonchev–Trinajstić information content (AvgIpc) is 2.27. The third-order valence-corrected chi connectivity index (χ3v) is 5.24. The Kier molecular flexibility index (Phi) is 3.47. The lowest BCUT2D eigenvalue weighted by Crippen LogP contribution is -2.35. The van der Waals surface area contributed by atoms with Gasteiger partial charge >= 0.3 is 0 Å². The summed E-state index contributed by atoms with van der Waals surface area (Å²) >= 11 is 0. The van der Waals surface area contributed by atoms with E-state index in [0.29, 0.717) is 18.9 Å². The molecular formula is C12H12F2O3S. The normalized spacial score (nSPS) is 22.7. The monoisotopic (exact) mass is 274 g/mol. The molecule has 1 saturated heterocycles. The summed E-state index contributed by atoms with van der Waals surface area (Å²) in [5, 5.41) is -1.19. The second kappa shape index (κ2) is 4.76. The van der Waals surface area contributed by atoms with E-state index in [0.717, 1.165) is 12.1 Å². The summed E-state index contributed by atoms with van der Waals surface area (Å²) in [6.45, 7) is 0. The molecule has 3 nitrogen and oxygen atoms in total. The number of rotatable bonds is 2. The number of halogens is 2. The maximum absolute atomic E-state index is 13.5. The maximum Gasteiger partial charge on any atom is 0.183 e. The number of hydrogen-bond acceptors (Lipinski definition) is 3. The molecule has 0 radical (unpaired) electrons. The van der Waals surface area contributed by atoms with Gasteiger partial charge in [0.2, 0.25) is 0 Å². The summed E-state index contributed by atoms with van der Waals surface area (Å²) < 4.78 is 49.7. The highest BCUT2D eigenvalue weighted by molar-refractivity contribution is 7.92. The standard InChI is InChI=1S/C12H12F2O3S/c13-8-4-5-9(10(14)7-8)12(15)11-3-1-2-6-18(11,16)17/h4-5,7,11H,1-3,6H2. The van der Waals surface area contributed by atoms with Gasteiger partial charge in [-0.2, -0.15) is 0 Å². The minimum atomic E-state index is -3.51. The highest BCUT2D eigenvalue weighted by Crippen LogP contribution is 2.24. The summed E-state index contributed by atoms with van der Waals surface area (Å²) in [5.74, 6) is -2.63. The van der Waals surface area contributed by atoms with Crippen molar-refractivity contribution in [3.05, 3.63) is 35.4 Å². The second-order valence-corrected chi connectivity index (χ2v) is 6.64. The number of ketones is 1. The van der Waals surface area contributed by atoms with Gasteiger partial charge in [0, 0.05) is 6.07 Å². The van der Waals surface area contributed by atoms with Crippen molar-refractivity contribution in [2.45, 2.75) is 24.5 Å². The lowest BCUT2D eigenvalue weighted by molar-refractivity contribution is 0.0977. The first-order chi connectivity index (χ1) is 8.42. The molecule has 1 aromatic rings. The first kappa shape index (κ1) is 13.1. The van der Waals surface area contributed by atoms with Crippen LogP contribution in [0.15, 0.2) is 18.2 Å². The zero-order valence-electron chi connectivity index (χ0n) is 9.53. The summed E-state index contributed by atoms with van der Waals surface area (Å²) in [6, 6.07) is 2.53. The van der Waals surface area contributed by atoms with Gasteiger partial charge in [0.05, 0.1) is 11.3 Å². The molecule has 0 saturated carbocycles. The van der Waals surface area contributed by atoms with Crippen LogP contribution in [0.3, 0.4) is 0 Å². The third-order valence-electron chi connectivity index (χ3n) is 3.07. The maximum atomic E-state index is 13.5. The van der Waals surface area contributed by atoms with Crippen molar-refractivity contribution in [3.63, 3.8) is 0 Å². The number of Topliss-reactive ketones (excluding diaryl/α,β-unsaturated/α-hetero) is 1. The first-order valence-electron chi connectivity index (χ1n) is 5.62. The molecule has 18 heavy (non-hydrogen) atoms. The Labute approximate surface area is 104 Å². The average molecular weight is 274 g/mol. The van der Waals surface area contributed by atoms with E-state index in [1.807, 2.05) is 0 Å². The first-order valence-corrected chi connectivity index (χ1v) is 7.34. The number of hydrogen-bond donors (Lipinski definition) is 0. The van der Waals surface area contributed by atoms with Crippen molar-refractivity contribution in [2.75, 3.05) is 5.75 Å². The van der Waals surface area contributed by atoms with E-state index in [9.17, 15) is 22.0 Å². The topological polar surface area (TPSA) is 51.2 Å². The van der Waals surface area contributed by atoms with Gasteiger partial charge in [-0.15, -0.1) is 0 Å². The minimum Gasteiger partial charge on any atom is -0.293 e. The van der Waals surface area contributed by atoms with Gasteiger partial charge in [0.1, 0.15) is 16.9 Å². The molecule has 1 aromatic carbocycles. The van der Waals surface area contributed by atoms with E-state index >= 15 is 0 Å². The zero-order valence-corrected chi connectivity index (χ0v) is 10.3. The van der Waals surface area contributed by atoms with E-state index in [1.165, 1.54) is 0 Å².